The molecule has 0 heterocycles. The lowest BCUT2D eigenvalue weighted by Crippen LogP contribution is -2.26. The van der Waals surface area contributed by atoms with Crippen LogP contribution in [0.1, 0.15) is 52.0 Å². The Morgan fingerprint density at radius 3 is 2.74 bits per heavy atom. The van der Waals surface area contributed by atoms with Gasteiger partial charge in [0.1, 0.15) is 5.75 Å². The molecule has 0 bridgehead atoms. The van der Waals surface area contributed by atoms with Gasteiger partial charge in [0.05, 0.1) is 6.10 Å². The Hall–Kier alpha value is -1.02. The summed E-state index contributed by atoms with van der Waals surface area (Å²) in [6.45, 7) is 9.03. The molecule has 1 saturated carbocycles. The molecular weight excluding hydrogens is 234 g/mol. The van der Waals surface area contributed by atoms with Crippen LogP contribution in [-0.4, -0.2) is 19.2 Å². The van der Waals surface area contributed by atoms with Crippen molar-refractivity contribution in [3.63, 3.8) is 0 Å². The van der Waals surface area contributed by atoms with Crippen LogP contribution in [0.15, 0.2) is 24.3 Å². The van der Waals surface area contributed by atoms with Crippen molar-refractivity contribution in [2.24, 2.45) is 0 Å². The molecule has 0 aliphatic heterocycles. The van der Waals surface area contributed by atoms with Crippen LogP contribution in [0.5, 0.6) is 5.75 Å². The first kappa shape index (κ1) is 14.4. The Morgan fingerprint density at radius 2 is 2.05 bits per heavy atom. The van der Waals surface area contributed by atoms with Crippen LogP contribution in [0.3, 0.4) is 0 Å². The zero-order chi connectivity index (χ0) is 13.7. The monoisotopic (exact) mass is 261 g/mol. The molecule has 2 rings (SSSR count). The van der Waals surface area contributed by atoms with E-state index in [1.165, 1.54) is 24.8 Å². The molecule has 1 N–H and O–H groups in total. The van der Waals surface area contributed by atoms with Gasteiger partial charge in [-0.05, 0) is 61.9 Å². The van der Waals surface area contributed by atoms with E-state index in [0.29, 0.717) is 6.10 Å². The minimum absolute atomic E-state index is 0.198. The standard InChI is InChI=1S/C17H27NO/c1-4-11-18-12-10-17(2,3)14-6-5-7-16(13-14)19-15-8-9-15/h5-7,13,15,18H,4,8-12H2,1-3H3. The predicted molar refractivity (Wildman–Crippen MR) is 80.9 cm³/mol. The van der Waals surface area contributed by atoms with Crippen molar-refractivity contribution in [1.29, 1.82) is 0 Å². The van der Waals surface area contributed by atoms with Crippen molar-refractivity contribution in [1.82, 2.24) is 5.32 Å². The molecule has 0 spiro atoms. The van der Waals surface area contributed by atoms with Crippen LogP contribution in [-0.2, 0) is 5.41 Å². The molecule has 0 aromatic heterocycles. The van der Waals surface area contributed by atoms with Gasteiger partial charge >= 0.3 is 0 Å². The van der Waals surface area contributed by atoms with Gasteiger partial charge in [-0.25, -0.2) is 0 Å². The molecule has 0 atom stereocenters. The molecule has 0 saturated heterocycles. The second-order valence-corrected chi connectivity index (χ2v) is 6.23. The van der Waals surface area contributed by atoms with Gasteiger partial charge < -0.3 is 10.1 Å². The first-order valence-corrected chi connectivity index (χ1v) is 7.60. The summed E-state index contributed by atoms with van der Waals surface area (Å²) in [4.78, 5) is 0. The highest BCUT2D eigenvalue weighted by Crippen LogP contribution is 2.32. The molecule has 0 radical (unpaired) electrons. The summed E-state index contributed by atoms with van der Waals surface area (Å²) in [5, 5.41) is 3.49. The molecule has 1 aromatic carbocycles. The average Bonchev–Trinajstić information content (AvgIpc) is 3.19. The van der Waals surface area contributed by atoms with Gasteiger partial charge in [0.15, 0.2) is 0 Å². The van der Waals surface area contributed by atoms with Gasteiger partial charge in [0, 0.05) is 0 Å². The number of benzene rings is 1. The summed E-state index contributed by atoms with van der Waals surface area (Å²) in [6, 6.07) is 8.64. The maximum Gasteiger partial charge on any atom is 0.120 e. The number of ether oxygens (including phenoxy) is 1. The Kier molecular flexibility index (Phi) is 4.87. The number of nitrogens with one attached hydrogen (secondary N) is 1. The third-order valence-corrected chi connectivity index (χ3v) is 3.80. The molecular formula is C17H27NO. The highest BCUT2D eigenvalue weighted by Gasteiger charge is 2.25. The van der Waals surface area contributed by atoms with E-state index in [9.17, 15) is 0 Å². The highest BCUT2D eigenvalue weighted by molar-refractivity contribution is 5.33. The smallest absolute Gasteiger partial charge is 0.120 e. The first-order chi connectivity index (χ1) is 9.12. The summed E-state index contributed by atoms with van der Waals surface area (Å²) in [7, 11) is 0. The molecule has 1 aliphatic carbocycles. The molecule has 2 nitrogen and oxygen atoms in total. The highest BCUT2D eigenvalue weighted by atomic mass is 16.5. The van der Waals surface area contributed by atoms with Crippen LogP contribution in [0.4, 0.5) is 0 Å². The van der Waals surface area contributed by atoms with E-state index in [4.69, 9.17) is 4.74 Å². The van der Waals surface area contributed by atoms with Crippen molar-refractivity contribution in [3.05, 3.63) is 29.8 Å². The second kappa shape index (κ2) is 6.42. The van der Waals surface area contributed by atoms with Crippen LogP contribution in [0.25, 0.3) is 0 Å². The van der Waals surface area contributed by atoms with E-state index in [2.05, 4.69) is 50.4 Å². The van der Waals surface area contributed by atoms with Gasteiger partial charge in [0.2, 0.25) is 0 Å². The molecule has 0 unspecified atom stereocenters. The molecule has 1 aromatic rings. The van der Waals surface area contributed by atoms with Gasteiger partial charge in [-0.1, -0.05) is 32.9 Å². The Labute approximate surface area is 117 Å². The minimum atomic E-state index is 0.198. The fourth-order valence-electron chi connectivity index (χ4n) is 2.22. The number of hydrogen-bond donors (Lipinski definition) is 1. The molecule has 1 fully saturated rings. The van der Waals surface area contributed by atoms with Crippen LogP contribution in [0, 0.1) is 0 Å². The zero-order valence-electron chi connectivity index (χ0n) is 12.5. The summed E-state index contributed by atoms with van der Waals surface area (Å²) < 4.78 is 5.89. The van der Waals surface area contributed by atoms with E-state index in [-0.39, 0.29) is 5.41 Å². The molecule has 106 valence electrons. The topological polar surface area (TPSA) is 21.3 Å². The molecule has 1 aliphatic rings. The molecule has 19 heavy (non-hydrogen) atoms. The SMILES string of the molecule is CCCNCCC(C)(C)c1cccc(OC2CC2)c1. The Morgan fingerprint density at radius 1 is 1.26 bits per heavy atom. The summed E-state index contributed by atoms with van der Waals surface area (Å²) in [5.41, 5.74) is 1.58. The summed E-state index contributed by atoms with van der Waals surface area (Å²) in [6.07, 6.45) is 5.26. The predicted octanol–water partition coefficient (Wildman–Crippen LogP) is 3.90. The largest absolute Gasteiger partial charge is 0.490 e. The second-order valence-electron chi connectivity index (χ2n) is 6.23. The fourth-order valence-corrected chi connectivity index (χ4v) is 2.22. The fraction of sp³-hybridized carbons (Fsp3) is 0.647. The summed E-state index contributed by atoms with van der Waals surface area (Å²) in [5.74, 6) is 1.04. The van der Waals surface area contributed by atoms with Crippen molar-refractivity contribution in [2.45, 2.75) is 58.0 Å². The lowest BCUT2D eigenvalue weighted by atomic mass is 9.81. The Bertz CT molecular complexity index is 396. The maximum absolute atomic E-state index is 5.89. The Balaban J connectivity index is 1.93. The first-order valence-electron chi connectivity index (χ1n) is 7.60. The van der Waals surface area contributed by atoms with Gasteiger partial charge in [0.25, 0.3) is 0 Å². The van der Waals surface area contributed by atoms with Crippen molar-refractivity contribution >= 4 is 0 Å². The average molecular weight is 261 g/mol. The summed E-state index contributed by atoms with van der Waals surface area (Å²) >= 11 is 0. The van der Waals surface area contributed by atoms with Gasteiger partial charge in [-0.15, -0.1) is 0 Å². The van der Waals surface area contributed by atoms with Crippen LogP contribution >= 0.6 is 0 Å². The minimum Gasteiger partial charge on any atom is -0.490 e. The third-order valence-electron chi connectivity index (χ3n) is 3.80. The normalized spacial score (nSPS) is 15.5. The van der Waals surface area contributed by atoms with Gasteiger partial charge in [-0.2, -0.15) is 0 Å². The van der Waals surface area contributed by atoms with Crippen molar-refractivity contribution in [3.8, 4) is 5.75 Å². The van der Waals surface area contributed by atoms with E-state index < -0.39 is 0 Å². The van der Waals surface area contributed by atoms with Gasteiger partial charge in [-0.3, -0.25) is 0 Å². The lowest BCUT2D eigenvalue weighted by Gasteiger charge is -2.26. The van der Waals surface area contributed by atoms with Crippen molar-refractivity contribution < 1.29 is 4.74 Å². The molecule has 0 amide bonds. The van der Waals surface area contributed by atoms with Crippen LogP contribution < -0.4 is 10.1 Å². The van der Waals surface area contributed by atoms with E-state index >= 15 is 0 Å². The third kappa shape index (κ3) is 4.54. The number of hydrogen-bond acceptors (Lipinski definition) is 2. The molecule has 2 heteroatoms. The van der Waals surface area contributed by atoms with E-state index in [1.807, 2.05) is 0 Å². The number of rotatable bonds is 8. The van der Waals surface area contributed by atoms with Crippen molar-refractivity contribution in [2.75, 3.05) is 13.1 Å². The maximum atomic E-state index is 5.89. The van der Waals surface area contributed by atoms with E-state index in [1.54, 1.807) is 0 Å². The van der Waals surface area contributed by atoms with E-state index in [0.717, 1.165) is 25.3 Å². The zero-order valence-corrected chi connectivity index (χ0v) is 12.5. The quantitative estimate of drug-likeness (QED) is 0.717. The van der Waals surface area contributed by atoms with Crippen LogP contribution in [0.2, 0.25) is 0 Å². The lowest BCUT2D eigenvalue weighted by molar-refractivity contribution is 0.302.